The van der Waals surface area contributed by atoms with Crippen molar-refractivity contribution in [2.45, 2.75) is 19.9 Å². The normalized spacial score (nSPS) is 20.0. The van der Waals surface area contributed by atoms with Gasteiger partial charge in [0, 0.05) is 22.9 Å². The van der Waals surface area contributed by atoms with Crippen molar-refractivity contribution in [2.75, 3.05) is 20.0 Å². The van der Waals surface area contributed by atoms with E-state index >= 15 is 0 Å². The van der Waals surface area contributed by atoms with Gasteiger partial charge in [-0.3, -0.25) is 14.5 Å². The van der Waals surface area contributed by atoms with Gasteiger partial charge < -0.3 is 9.47 Å². The molecule has 3 rings (SSSR count). The minimum absolute atomic E-state index is 0.0622. The molecule has 0 radical (unpaired) electrons. The zero-order valence-electron chi connectivity index (χ0n) is 14.0. The van der Waals surface area contributed by atoms with Gasteiger partial charge in [-0.1, -0.05) is 11.8 Å². The fraction of sp³-hybridized carbons (Fsp3) is 0.353. The molecule has 6 nitrogen and oxygen atoms in total. The molecule has 1 atom stereocenters. The minimum Gasteiger partial charge on any atom is -0.497 e. The molecule has 0 unspecified atom stereocenters. The molecule has 7 heteroatoms. The van der Waals surface area contributed by atoms with Crippen LogP contribution in [0.25, 0.3) is 0 Å². The zero-order valence-corrected chi connectivity index (χ0v) is 14.8. The van der Waals surface area contributed by atoms with Crippen molar-refractivity contribution >= 4 is 28.6 Å². The number of ether oxygens (including phenoxy) is 2. The molecule has 0 aromatic heterocycles. The number of amides is 1. The van der Waals surface area contributed by atoms with E-state index in [4.69, 9.17) is 9.47 Å². The van der Waals surface area contributed by atoms with Crippen LogP contribution in [0.2, 0.25) is 0 Å². The second-order valence-corrected chi connectivity index (χ2v) is 6.45. The number of benzene rings is 1. The van der Waals surface area contributed by atoms with Crippen LogP contribution in [0, 0.1) is 0 Å². The van der Waals surface area contributed by atoms with Gasteiger partial charge in [0.1, 0.15) is 11.5 Å². The molecular weight excluding hydrogens is 328 g/mol. The Morgan fingerprint density at radius 3 is 2.71 bits per heavy atom. The molecule has 1 aromatic carbocycles. The number of Topliss-reactive ketones (excluding diaryl/α,β-unsaturated/α-hetero) is 1. The molecule has 1 saturated heterocycles. The van der Waals surface area contributed by atoms with Crippen molar-refractivity contribution in [1.82, 2.24) is 4.90 Å². The Hall–Kier alpha value is -2.28. The predicted octanol–water partition coefficient (Wildman–Crippen LogP) is 2.55. The summed E-state index contributed by atoms with van der Waals surface area (Å²) in [5.74, 6) is 1.37. The third kappa shape index (κ3) is 2.58. The van der Waals surface area contributed by atoms with Crippen LogP contribution in [0.4, 0.5) is 0 Å². The van der Waals surface area contributed by atoms with Gasteiger partial charge >= 0.3 is 0 Å². The number of nitrogens with zero attached hydrogens (tertiary/aromatic N) is 2. The lowest BCUT2D eigenvalue weighted by Crippen LogP contribution is -2.39. The van der Waals surface area contributed by atoms with E-state index in [2.05, 4.69) is 4.99 Å². The molecule has 0 N–H and O–H groups in total. The van der Waals surface area contributed by atoms with Gasteiger partial charge in [-0.25, -0.2) is 4.99 Å². The van der Waals surface area contributed by atoms with Crippen molar-refractivity contribution in [1.29, 1.82) is 0 Å². The monoisotopic (exact) mass is 346 g/mol. The number of allylic oxidation sites excluding steroid dienone is 1. The van der Waals surface area contributed by atoms with E-state index in [1.165, 1.54) is 18.7 Å². The van der Waals surface area contributed by atoms with E-state index in [0.29, 0.717) is 33.7 Å². The number of thioether (sulfide) groups is 1. The van der Waals surface area contributed by atoms with Crippen LogP contribution in [0.5, 0.6) is 11.5 Å². The fourth-order valence-electron chi connectivity index (χ4n) is 3.03. The van der Waals surface area contributed by atoms with Crippen LogP contribution >= 0.6 is 11.8 Å². The third-order valence-electron chi connectivity index (χ3n) is 4.10. The smallest absolute Gasteiger partial charge is 0.239 e. The number of rotatable bonds is 4. The third-order valence-corrected chi connectivity index (χ3v) is 5.04. The summed E-state index contributed by atoms with van der Waals surface area (Å²) in [7, 11) is 3.13. The van der Waals surface area contributed by atoms with E-state index < -0.39 is 6.04 Å². The highest BCUT2D eigenvalue weighted by molar-refractivity contribution is 8.15. The summed E-state index contributed by atoms with van der Waals surface area (Å²) in [6, 6.07) is 4.85. The molecular formula is C17H18N2O4S. The van der Waals surface area contributed by atoms with E-state index in [-0.39, 0.29) is 11.7 Å². The van der Waals surface area contributed by atoms with Gasteiger partial charge in [-0.05, 0) is 26.0 Å². The Balaban J connectivity index is 2.21. The standard InChI is InChI=1S/C17H18N2O4S/c1-9-15(10(2)20)16(19-14(21)8-24-17(19)18-9)12-6-5-11(22-3)7-13(12)23-4/h5-7,16H,8H2,1-4H3/t16-/m0/s1. The Bertz CT molecular complexity index is 785. The Morgan fingerprint density at radius 2 is 2.08 bits per heavy atom. The minimum atomic E-state index is -0.529. The number of carbonyl (C=O) groups is 2. The second kappa shape index (κ2) is 6.32. The first-order valence-electron chi connectivity index (χ1n) is 7.45. The molecule has 2 aliphatic rings. The Kier molecular flexibility index (Phi) is 4.36. The fourth-order valence-corrected chi connectivity index (χ4v) is 3.97. The summed E-state index contributed by atoms with van der Waals surface area (Å²) >= 11 is 1.39. The number of aliphatic imine (C=N–C) groups is 1. The topological polar surface area (TPSA) is 68.2 Å². The maximum absolute atomic E-state index is 12.4. The quantitative estimate of drug-likeness (QED) is 0.838. The first kappa shape index (κ1) is 16.6. The van der Waals surface area contributed by atoms with Crippen LogP contribution < -0.4 is 9.47 Å². The lowest BCUT2D eigenvalue weighted by Gasteiger charge is -2.33. The van der Waals surface area contributed by atoms with Gasteiger partial charge in [-0.2, -0.15) is 0 Å². The maximum atomic E-state index is 12.4. The van der Waals surface area contributed by atoms with Crippen LogP contribution in [-0.2, 0) is 9.59 Å². The molecule has 126 valence electrons. The van der Waals surface area contributed by atoms with Crippen LogP contribution in [0.3, 0.4) is 0 Å². The second-order valence-electron chi connectivity index (χ2n) is 5.51. The lowest BCUT2D eigenvalue weighted by molar-refractivity contribution is -0.125. The number of amidine groups is 1. The van der Waals surface area contributed by atoms with Crippen molar-refractivity contribution < 1.29 is 19.1 Å². The van der Waals surface area contributed by atoms with Crippen molar-refractivity contribution in [3.8, 4) is 11.5 Å². The summed E-state index contributed by atoms with van der Waals surface area (Å²) < 4.78 is 10.7. The van der Waals surface area contributed by atoms with Crippen LogP contribution in [-0.4, -0.2) is 41.7 Å². The predicted molar refractivity (Wildman–Crippen MR) is 92.4 cm³/mol. The molecule has 2 aliphatic heterocycles. The molecule has 24 heavy (non-hydrogen) atoms. The molecule has 2 heterocycles. The first-order chi connectivity index (χ1) is 11.5. The summed E-state index contributed by atoms with van der Waals surface area (Å²) in [6.07, 6.45) is 0. The van der Waals surface area contributed by atoms with E-state index in [9.17, 15) is 9.59 Å². The average molecular weight is 346 g/mol. The van der Waals surface area contributed by atoms with Crippen molar-refractivity contribution in [3.63, 3.8) is 0 Å². The number of hydrogen-bond donors (Lipinski definition) is 0. The molecule has 1 amide bonds. The summed E-state index contributed by atoms with van der Waals surface area (Å²) in [4.78, 5) is 30.7. The summed E-state index contributed by atoms with van der Waals surface area (Å²) in [6.45, 7) is 3.30. The van der Waals surface area contributed by atoms with E-state index in [1.54, 1.807) is 38.2 Å². The van der Waals surface area contributed by atoms with Crippen molar-refractivity contribution in [3.05, 3.63) is 35.0 Å². The summed E-state index contributed by atoms with van der Waals surface area (Å²) in [5.41, 5.74) is 1.89. The number of methoxy groups -OCH3 is 2. The Morgan fingerprint density at radius 1 is 1.33 bits per heavy atom. The summed E-state index contributed by atoms with van der Waals surface area (Å²) in [5, 5.41) is 0.630. The van der Waals surface area contributed by atoms with Gasteiger partial charge in [0.25, 0.3) is 0 Å². The molecule has 0 saturated carbocycles. The average Bonchev–Trinajstić information content (AvgIpc) is 2.93. The number of hydrogen-bond acceptors (Lipinski definition) is 6. The number of ketones is 1. The molecule has 1 fully saturated rings. The van der Waals surface area contributed by atoms with Crippen molar-refractivity contribution in [2.24, 2.45) is 4.99 Å². The van der Waals surface area contributed by atoms with Gasteiger partial charge in [0.05, 0.1) is 26.0 Å². The Labute approximate surface area is 144 Å². The highest BCUT2D eigenvalue weighted by Gasteiger charge is 2.42. The number of fused-ring (bicyclic) bond motifs is 1. The SMILES string of the molecule is COc1ccc([C@H]2C(C(C)=O)=C(C)N=C3SCC(=O)N32)c(OC)c1. The molecule has 1 aromatic rings. The van der Waals surface area contributed by atoms with Gasteiger partial charge in [0.2, 0.25) is 5.91 Å². The maximum Gasteiger partial charge on any atom is 0.239 e. The van der Waals surface area contributed by atoms with Crippen LogP contribution in [0.1, 0.15) is 25.5 Å². The van der Waals surface area contributed by atoms with Gasteiger partial charge in [-0.15, -0.1) is 0 Å². The van der Waals surface area contributed by atoms with E-state index in [0.717, 1.165) is 5.56 Å². The molecule has 0 spiro atoms. The first-order valence-corrected chi connectivity index (χ1v) is 8.43. The largest absolute Gasteiger partial charge is 0.497 e. The highest BCUT2D eigenvalue weighted by Crippen LogP contribution is 2.44. The van der Waals surface area contributed by atoms with Crippen LogP contribution in [0.15, 0.2) is 34.5 Å². The molecule has 0 bridgehead atoms. The highest BCUT2D eigenvalue weighted by atomic mass is 32.2. The molecule has 0 aliphatic carbocycles. The number of carbonyl (C=O) groups excluding carboxylic acids is 2. The van der Waals surface area contributed by atoms with E-state index in [1.807, 2.05) is 6.07 Å². The van der Waals surface area contributed by atoms with Gasteiger partial charge in [0.15, 0.2) is 11.0 Å². The zero-order chi connectivity index (χ0) is 17.4. The lowest BCUT2D eigenvalue weighted by atomic mass is 9.91.